The van der Waals surface area contributed by atoms with Crippen molar-refractivity contribution in [2.75, 3.05) is 0 Å². The second-order valence-electron chi connectivity index (χ2n) is 4.69. The second-order valence-corrected chi connectivity index (χ2v) is 5.78. The molecule has 4 heteroatoms. The Labute approximate surface area is 115 Å². The summed E-state index contributed by atoms with van der Waals surface area (Å²) in [4.78, 5) is 17.2. The van der Waals surface area contributed by atoms with Crippen LogP contribution in [0.4, 0.5) is 0 Å². The number of nitrogens with zero attached hydrogens (tertiary/aromatic N) is 2. The van der Waals surface area contributed by atoms with E-state index in [0.717, 1.165) is 17.7 Å². The minimum Gasteiger partial charge on any atom is -0.296 e. The quantitative estimate of drug-likeness (QED) is 0.683. The first-order chi connectivity index (χ1) is 9.19. The van der Waals surface area contributed by atoms with Gasteiger partial charge >= 0.3 is 0 Å². The maximum absolute atomic E-state index is 10.9. The van der Waals surface area contributed by atoms with E-state index in [4.69, 9.17) is 0 Å². The third kappa shape index (κ3) is 2.08. The van der Waals surface area contributed by atoms with Gasteiger partial charge in [-0.15, -0.1) is 11.3 Å². The Morgan fingerprint density at radius 3 is 3.00 bits per heavy atom. The summed E-state index contributed by atoms with van der Waals surface area (Å²) in [7, 11) is 0. The second kappa shape index (κ2) is 4.63. The number of thiazole rings is 1. The Morgan fingerprint density at radius 2 is 2.21 bits per heavy atom. The van der Waals surface area contributed by atoms with Gasteiger partial charge in [0.1, 0.15) is 5.69 Å². The van der Waals surface area contributed by atoms with Crippen molar-refractivity contribution >= 4 is 22.6 Å². The molecule has 2 aromatic heterocycles. The first-order valence-corrected chi connectivity index (χ1v) is 6.96. The maximum Gasteiger partial charge on any atom is 0.194 e. The van der Waals surface area contributed by atoms with Crippen LogP contribution in [0.3, 0.4) is 0 Å². The molecule has 19 heavy (non-hydrogen) atoms. The fourth-order valence-corrected chi connectivity index (χ4v) is 3.19. The molecule has 0 fully saturated rings. The Bertz CT molecular complexity index is 755. The Hall–Kier alpha value is -1.94. The number of fused-ring (bicyclic) bond motifs is 1. The van der Waals surface area contributed by atoms with Gasteiger partial charge in [0, 0.05) is 17.5 Å². The number of benzene rings is 1. The summed E-state index contributed by atoms with van der Waals surface area (Å²) in [6, 6.07) is 6.38. The van der Waals surface area contributed by atoms with E-state index in [0.29, 0.717) is 5.69 Å². The van der Waals surface area contributed by atoms with Crippen molar-refractivity contribution in [1.29, 1.82) is 0 Å². The Morgan fingerprint density at radius 1 is 1.37 bits per heavy atom. The Balaban J connectivity index is 1.99. The fourth-order valence-electron chi connectivity index (χ4n) is 2.21. The maximum atomic E-state index is 10.9. The molecule has 0 atom stereocenters. The van der Waals surface area contributed by atoms with Gasteiger partial charge in [0.2, 0.25) is 0 Å². The lowest BCUT2D eigenvalue weighted by molar-refractivity contribution is 0.111. The van der Waals surface area contributed by atoms with Crippen LogP contribution >= 0.6 is 11.3 Å². The molecule has 0 aliphatic carbocycles. The largest absolute Gasteiger partial charge is 0.296 e. The van der Waals surface area contributed by atoms with E-state index in [9.17, 15) is 4.79 Å². The molecule has 0 saturated carbocycles. The van der Waals surface area contributed by atoms with Crippen molar-refractivity contribution in [3.05, 3.63) is 57.9 Å². The molecule has 0 N–H and O–H groups in total. The molecular formula is C15H14N2OS. The molecular weight excluding hydrogens is 256 g/mol. The van der Waals surface area contributed by atoms with E-state index in [1.165, 1.54) is 21.6 Å². The monoisotopic (exact) mass is 270 g/mol. The van der Waals surface area contributed by atoms with Crippen LogP contribution in [0.25, 0.3) is 4.96 Å². The number of aromatic nitrogens is 2. The number of carbonyl (C=O) groups is 1. The molecule has 0 radical (unpaired) electrons. The molecule has 3 nitrogen and oxygen atoms in total. The number of carbonyl (C=O) groups excluding carboxylic acids is 1. The van der Waals surface area contributed by atoms with Gasteiger partial charge in [-0.05, 0) is 30.5 Å². The summed E-state index contributed by atoms with van der Waals surface area (Å²) < 4.78 is 1.86. The summed E-state index contributed by atoms with van der Waals surface area (Å²) in [6.45, 7) is 4.28. The van der Waals surface area contributed by atoms with Gasteiger partial charge < -0.3 is 0 Å². The van der Waals surface area contributed by atoms with Crippen LogP contribution in [-0.2, 0) is 6.42 Å². The number of aryl methyl sites for hydroxylation is 1. The number of hydrogen-bond acceptors (Lipinski definition) is 3. The molecule has 1 aromatic carbocycles. The van der Waals surface area contributed by atoms with Crippen LogP contribution in [0.15, 0.2) is 30.6 Å². The van der Waals surface area contributed by atoms with E-state index in [1.54, 1.807) is 17.5 Å². The van der Waals surface area contributed by atoms with Crippen LogP contribution in [0.5, 0.6) is 0 Å². The fraction of sp³-hybridized carbons (Fsp3) is 0.200. The first-order valence-electron chi connectivity index (χ1n) is 6.15. The predicted octanol–water partition coefficient (Wildman–Crippen LogP) is 3.42. The summed E-state index contributed by atoms with van der Waals surface area (Å²) >= 11 is 1.64. The smallest absolute Gasteiger partial charge is 0.194 e. The van der Waals surface area contributed by atoms with Gasteiger partial charge in [-0.2, -0.15) is 0 Å². The van der Waals surface area contributed by atoms with Gasteiger partial charge in [-0.25, -0.2) is 4.98 Å². The molecule has 0 aliphatic rings. The number of hydrogen-bond donors (Lipinski definition) is 0. The lowest BCUT2D eigenvalue weighted by Gasteiger charge is -2.06. The molecule has 2 heterocycles. The van der Waals surface area contributed by atoms with Gasteiger partial charge in [0.15, 0.2) is 11.2 Å². The summed E-state index contributed by atoms with van der Waals surface area (Å²) in [5.74, 6) is 0. The lowest BCUT2D eigenvalue weighted by Crippen LogP contribution is -1.92. The predicted molar refractivity (Wildman–Crippen MR) is 77.2 cm³/mol. The number of rotatable bonds is 3. The summed E-state index contributed by atoms with van der Waals surface area (Å²) in [6.07, 6.45) is 5.35. The molecule has 96 valence electrons. The third-order valence-corrected chi connectivity index (χ3v) is 4.49. The third-order valence-electron chi connectivity index (χ3n) is 3.49. The van der Waals surface area contributed by atoms with Gasteiger partial charge in [-0.1, -0.05) is 18.2 Å². The van der Waals surface area contributed by atoms with Crippen LogP contribution < -0.4 is 0 Å². The van der Waals surface area contributed by atoms with Crippen LogP contribution in [0.2, 0.25) is 0 Å². The molecule has 0 spiro atoms. The van der Waals surface area contributed by atoms with Gasteiger partial charge in [-0.3, -0.25) is 9.20 Å². The van der Waals surface area contributed by atoms with Crippen LogP contribution in [0.1, 0.15) is 32.1 Å². The zero-order valence-corrected chi connectivity index (χ0v) is 11.7. The molecule has 0 amide bonds. The normalized spacial score (nSPS) is 11.1. The molecule has 3 rings (SSSR count). The van der Waals surface area contributed by atoms with Crippen LogP contribution in [0, 0.1) is 13.8 Å². The van der Waals surface area contributed by atoms with Crippen molar-refractivity contribution in [2.24, 2.45) is 0 Å². The molecule has 0 bridgehead atoms. The zero-order valence-electron chi connectivity index (χ0n) is 10.9. The molecule has 3 aromatic rings. The average Bonchev–Trinajstić information content (AvgIpc) is 2.94. The van der Waals surface area contributed by atoms with Crippen molar-refractivity contribution in [1.82, 2.24) is 9.38 Å². The SMILES string of the molecule is Cc1cccc(Cc2cn3c(C=O)cnc3s2)c1C. The minimum absolute atomic E-state index is 0.610. The van der Waals surface area contributed by atoms with Crippen LogP contribution in [-0.4, -0.2) is 15.7 Å². The molecule has 0 aliphatic heterocycles. The van der Waals surface area contributed by atoms with Gasteiger partial charge in [0.05, 0.1) is 6.20 Å². The summed E-state index contributed by atoms with van der Waals surface area (Å²) in [5, 5.41) is 0. The number of aldehydes is 1. The lowest BCUT2D eigenvalue weighted by atomic mass is 10.0. The highest BCUT2D eigenvalue weighted by molar-refractivity contribution is 7.17. The van der Waals surface area contributed by atoms with Crippen molar-refractivity contribution < 1.29 is 4.79 Å². The topological polar surface area (TPSA) is 34.4 Å². The highest BCUT2D eigenvalue weighted by Gasteiger charge is 2.09. The van der Waals surface area contributed by atoms with Crippen molar-refractivity contribution in [3.8, 4) is 0 Å². The van der Waals surface area contributed by atoms with E-state index in [1.807, 2.05) is 10.6 Å². The molecule has 0 saturated heterocycles. The van der Waals surface area contributed by atoms with Crippen molar-refractivity contribution in [2.45, 2.75) is 20.3 Å². The average molecular weight is 270 g/mol. The highest BCUT2D eigenvalue weighted by atomic mass is 32.1. The minimum atomic E-state index is 0.610. The summed E-state index contributed by atoms with van der Waals surface area (Å²) in [5.41, 5.74) is 4.59. The number of imidazole rings is 1. The molecule has 0 unspecified atom stereocenters. The van der Waals surface area contributed by atoms with E-state index < -0.39 is 0 Å². The zero-order chi connectivity index (χ0) is 13.4. The Kier molecular flexibility index (Phi) is 2.95. The van der Waals surface area contributed by atoms with E-state index in [-0.39, 0.29) is 0 Å². The van der Waals surface area contributed by atoms with E-state index in [2.05, 4.69) is 37.0 Å². The van der Waals surface area contributed by atoms with E-state index >= 15 is 0 Å². The first kappa shape index (κ1) is 12.1. The standard InChI is InChI=1S/C15H14N2OS/c1-10-4-3-5-12(11(10)2)6-14-8-17-13(9-18)7-16-15(17)19-14/h3-5,7-9H,6H2,1-2H3. The highest BCUT2D eigenvalue weighted by Crippen LogP contribution is 2.23. The van der Waals surface area contributed by atoms with Crippen molar-refractivity contribution in [3.63, 3.8) is 0 Å². The van der Waals surface area contributed by atoms with Gasteiger partial charge in [0.25, 0.3) is 0 Å².